The number of aromatic nitrogens is 1. The van der Waals surface area contributed by atoms with E-state index >= 15 is 0 Å². The number of likely N-dealkylation sites (tertiary alicyclic amines) is 1. The predicted molar refractivity (Wildman–Crippen MR) is 77.1 cm³/mol. The van der Waals surface area contributed by atoms with Crippen molar-refractivity contribution in [1.29, 1.82) is 0 Å². The Hall–Kier alpha value is -1.86. The average molecular weight is 272 g/mol. The fourth-order valence-corrected chi connectivity index (χ4v) is 2.51. The van der Waals surface area contributed by atoms with Crippen molar-refractivity contribution in [1.82, 2.24) is 9.88 Å². The van der Waals surface area contributed by atoms with Crippen LogP contribution in [0.25, 0.3) is 0 Å². The first kappa shape index (κ1) is 14.5. The van der Waals surface area contributed by atoms with Crippen molar-refractivity contribution < 1.29 is 9.90 Å². The van der Waals surface area contributed by atoms with Crippen LogP contribution in [0.3, 0.4) is 0 Å². The third-order valence-electron chi connectivity index (χ3n) is 3.79. The molecule has 4 nitrogen and oxygen atoms in total. The Morgan fingerprint density at radius 1 is 1.50 bits per heavy atom. The fraction of sp³-hybridized carbons (Fsp3) is 0.500. The van der Waals surface area contributed by atoms with Gasteiger partial charge in [0, 0.05) is 19.3 Å². The van der Waals surface area contributed by atoms with Crippen molar-refractivity contribution in [2.24, 2.45) is 5.92 Å². The van der Waals surface area contributed by atoms with E-state index in [0.717, 1.165) is 31.8 Å². The number of pyridine rings is 1. The summed E-state index contributed by atoms with van der Waals surface area (Å²) in [5.41, 5.74) is 0.979. The lowest BCUT2D eigenvalue weighted by Gasteiger charge is -2.31. The van der Waals surface area contributed by atoms with Crippen molar-refractivity contribution in [2.75, 3.05) is 19.7 Å². The van der Waals surface area contributed by atoms with Crippen molar-refractivity contribution in [2.45, 2.75) is 26.2 Å². The van der Waals surface area contributed by atoms with E-state index in [4.69, 9.17) is 5.11 Å². The van der Waals surface area contributed by atoms with E-state index in [2.05, 4.69) is 23.7 Å². The highest BCUT2D eigenvalue weighted by Gasteiger charge is 2.24. The molecule has 1 aliphatic heterocycles. The van der Waals surface area contributed by atoms with Gasteiger partial charge in [0.15, 0.2) is 0 Å². The minimum atomic E-state index is -0.218. The summed E-state index contributed by atoms with van der Waals surface area (Å²) in [7, 11) is 0. The van der Waals surface area contributed by atoms with E-state index in [-0.39, 0.29) is 12.5 Å². The molecule has 0 unspecified atom stereocenters. The van der Waals surface area contributed by atoms with E-state index in [1.165, 1.54) is 6.42 Å². The lowest BCUT2D eigenvalue weighted by atomic mass is 9.94. The van der Waals surface area contributed by atoms with Crippen LogP contribution in [0, 0.1) is 17.8 Å². The summed E-state index contributed by atoms with van der Waals surface area (Å²) in [5.74, 6) is 6.05. The largest absolute Gasteiger partial charge is 0.384 e. The maximum atomic E-state index is 12.5. The number of carbonyl (C=O) groups excluding carboxylic acids is 1. The summed E-state index contributed by atoms with van der Waals surface area (Å²) in [6, 6.07) is 3.52. The van der Waals surface area contributed by atoms with E-state index in [1.807, 2.05) is 4.90 Å². The number of nitrogens with zero attached hydrogens (tertiary/aromatic N) is 2. The molecule has 0 aromatic carbocycles. The Morgan fingerprint density at radius 3 is 2.90 bits per heavy atom. The van der Waals surface area contributed by atoms with Crippen LogP contribution in [0.4, 0.5) is 0 Å². The number of carbonyl (C=O) groups is 1. The topological polar surface area (TPSA) is 53.4 Å². The summed E-state index contributed by atoms with van der Waals surface area (Å²) in [6.07, 6.45) is 4.91. The van der Waals surface area contributed by atoms with Crippen molar-refractivity contribution in [3.05, 3.63) is 29.6 Å². The zero-order valence-electron chi connectivity index (χ0n) is 11.8. The van der Waals surface area contributed by atoms with Crippen molar-refractivity contribution in [3.63, 3.8) is 0 Å². The fourth-order valence-electron chi connectivity index (χ4n) is 2.51. The molecule has 1 amide bonds. The standard InChI is InChI=1S/C16H20N2O2/c1-2-13-7-10-18(11-8-13)16(20)15-14(6-4-12-19)5-3-9-17-15/h3,5,9,13,19H,2,7-8,10-12H2,1H3. The number of aliphatic hydroxyl groups is 1. The number of aliphatic hydroxyl groups excluding tert-OH is 1. The molecule has 2 heterocycles. The normalized spacial score (nSPS) is 15.6. The van der Waals surface area contributed by atoms with Gasteiger partial charge in [0.25, 0.3) is 5.91 Å². The Morgan fingerprint density at radius 2 is 2.25 bits per heavy atom. The van der Waals surface area contributed by atoms with Gasteiger partial charge in [0.2, 0.25) is 0 Å². The molecular formula is C16H20N2O2. The van der Waals surface area contributed by atoms with Crippen LogP contribution in [-0.4, -0.2) is 40.6 Å². The highest BCUT2D eigenvalue weighted by molar-refractivity contribution is 5.94. The van der Waals surface area contributed by atoms with Gasteiger partial charge < -0.3 is 10.0 Å². The summed E-state index contributed by atoms with van der Waals surface area (Å²) < 4.78 is 0. The van der Waals surface area contributed by atoms with Crippen LogP contribution in [0.1, 0.15) is 42.2 Å². The minimum absolute atomic E-state index is 0.0533. The Kier molecular flexibility index (Phi) is 5.14. The molecule has 0 radical (unpaired) electrons. The molecule has 1 N–H and O–H groups in total. The Balaban J connectivity index is 2.13. The lowest BCUT2D eigenvalue weighted by Crippen LogP contribution is -2.39. The molecule has 106 valence electrons. The second-order valence-corrected chi connectivity index (χ2v) is 5.00. The molecule has 2 rings (SSSR count). The maximum Gasteiger partial charge on any atom is 0.273 e. The van der Waals surface area contributed by atoms with E-state index in [0.29, 0.717) is 11.3 Å². The first-order valence-corrected chi connectivity index (χ1v) is 7.10. The van der Waals surface area contributed by atoms with Crippen LogP contribution in [0.5, 0.6) is 0 Å². The molecule has 0 saturated carbocycles. The van der Waals surface area contributed by atoms with Gasteiger partial charge >= 0.3 is 0 Å². The molecule has 4 heteroatoms. The third-order valence-corrected chi connectivity index (χ3v) is 3.79. The molecule has 0 aliphatic carbocycles. The van der Waals surface area contributed by atoms with E-state index in [1.54, 1.807) is 18.3 Å². The Labute approximate surface area is 119 Å². The van der Waals surface area contributed by atoms with E-state index in [9.17, 15) is 4.79 Å². The molecule has 0 atom stereocenters. The summed E-state index contributed by atoms with van der Waals surface area (Å²) in [6.45, 7) is 3.56. The second kappa shape index (κ2) is 7.06. The van der Waals surface area contributed by atoms with E-state index < -0.39 is 0 Å². The van der Waals surface area contributed by atoms with Gasteiger partial charge in [-0.05, 0) is 30.9 Å². The number of hydrogen-bond acceptors (Lipinski definition) is 3. The quantitative estimate of drug-likeness (QED) is 0.834. The SMILES string of the molecule is CCC1CCN(C(=O)c2ncccc2C#CCO)CC1. The average Bonchev–Trinajstić information content (AvgIpc) is 2.52. The minimum Gasteiger partial charge on any atom is -0.384 e. The summed E-state index contributed by atoms with van der Waals surface area (Å²) in [4.78, 5) is 18.5. The molecular weight excluding hydrogens is 252 g/mol. The van der Waals surface area contributed by atoms with Crippen LogP contribution < -0.4 is 0 Å². The lowest BCUT2D eigenvalue weighted by molar-refractivity contribution is 0.0682. The van der Waals surface area contributed by atoms with Crippen LogP contribution in [0.15, 0.2) is 18.3 Å². The van der Waals surface area contributed by atoms with Gasteiger partial charge in [-0.25, -0.2) is 4.98 Å². The molecule has 1 saturated heterocycles. The molecule has 0 spiro atoms. The zero-order valence-corrected chi connectivity index (χ0v) is 11.8. The van der Waals surface area contributed by atoms with Gasteiger partial charge in [-0.1, -0.05) is 25.2 Å². The monoisotopic (exact) mass is 272 g/mol. The van der Waals surface area contributed by atoms with Crippen molar-refractivity contribution >= 4 is 5.91 Å². The predicted octanol–water partition coefficient (Wildman–Crippen LogP) is 1.69. The number of rotatable bonds is 2. The molecule has 20 heavy (non-hydrogen) atoms. The summed E-state index contributed by atoms with van der Waals surface area (Å²) in [5, 5.41) is 8.77. The molecule has 1 aliphatic rings. The van der Waals surface area contributed by atoms with Gasteiger partial charge in [-0.3, -0.25) is 4.79 Å². The number of hydrogen-bond donors (Lipinski definition) is 1. The highest BCUT2D eigenvalue weighted by Crippen LogP contribution is 2.21. The smallest absolute Gasteiger partial charge is 0.273 e. The number of piperidine rings is 1. The molecule has 1 aromatic heterocycles. The van der Waals surface area contributed by atoms with Gasteiger partial charge in [-0.2, -0.15) is 0 Å². The van der Waals surface area contributed by atoms with Gasteiger partial charge in [0.05, 0.1) is 5.56 Å². The third kappa shape index (κ3) is 3.37. The zero-order chi connectivity index (χ0) is 14.4. The van der Waals surface area contributed by atoms with Crippen LogP contribution in [-0.2, 0) is 0 Å². The molecule has 1 aromatic rings. The first-order chi connectivity index (χ1) is 9.76. The van der Waals surface area contributed by atoms with Gasteiger partial charge in [0.1, 0.15) is 12.3 Å². The maximum absolute atomic E-state index is 12.5. The van der Waals surface area contributed by atoms with Crippen LogP contribution >= 0.6 is 0 Å². The van der Waals surface area contributed by atoms with Crippen molar-refractivity contribution in [3.8, 4) is 11.8 Å². The number of amides is 1. The van der Waals surface area contributed by atoms with Crippen LogP contribution in [0.2, 0.25) is 0 Å². The van der Waals surface area contributed by atoms with Gasteiger partial charge in [-0.15, -0.1) is 0 Å². The summed E-state index contributed by atoms with van der Waals surface area (Å²) >= 11 is 0. The molecule has 1 fully saturated rings. The molecule has 0 bridgehead atoms. The highest BCUT2D eigenvalue weighted by atomic mass is 16.2. The second-order valence-electron chi connectivity index (χ2n) is 5.00. The Bertz CT molecular complexity index is 523. The first-order valence-electron chi connectivity index (χ1n) is 7.10.